The summed E-state index contributed by atoms with van der Waals surface area (Å²) < 4.78 is 15.2. The van der Waals surface area contributed by atoms with Gasteiger partial charge in [0, 0.05) is 18.1 Å². The molecule has 0 spiro atoms. The molecule has 1 fully saturated rings. The number of piperidine rings is 1. The Bertz CT molecular complexity index is 762. The zero-order valence-electron chi connectivity index (χ0n) is 12.3. The van der Waals surface area contributed by atoms with Crippen molar-refractivity contribution in [3.8, 4) is 0 Å². The largest absolute Gasteiger partial charge is 0.297 e. The number of halogens is 1. The smallest absolute Gasteiger partial charge is 0.124 e. The molecule has 0 bridgehead atoms. The number of benzene rings is 1. The van der Waals surface area contributed by atoms with Crippen molar-refractivity contribution in [3.63, 3.8) is 0 Å². The van der Waals surface area contributed by atoms with E-state index in [1.54, 1.807) is 23.5 Å². The summed E-state index contributed by atoms with van der Waals surface area (Å²) in [5.41, 5.74) is 2.35. The van der Waals surface area contributed by atoms with E-state index in [0.29, 0.717) is 6.04 Å². The average molecular weight is 315 g/mol. The predicted molar refractivity (Wildman–Crippen MR) is 86.5 cm³/mol. The topological polar surface area (TPSA) is 20.5 Å². The van der Waals surface area contributed by atoms with Gasteiger partial charge in [0.2, 0.25) is 0 Å². The fraction of sp³-hybridized carbons (Fsp3) is 0.353. The van der Waals surface area contributed by atoms with Gasteiger partial charge in [0.1, 0.15) is 17.0 Å². The van der Waals surface area contributed by atoms with Gasteiger partial charge in [-0.1, -0.05) is 18.6 Å². The van der Waals surface area contributed by atoms with E-state index in [-0.39, 0.29) is 5.82 Å². The van der Waals surface area contributed by atoms with Crippen molar-refractivity contribution in [3.05, 3.63) is 59.2 Å². The Balaban J connectivity index is 1.62. The molecule has 1 aromatic carbocycles. The van der Waals surface area contributed by atoms with Crippen molar-refractivity contribution in [1.82, 2.24) is 14.3 Å². The molecule has 0 radical (unpaired) electrons. The molecule has 3 aromatic rings. The highest BCUT2D eigenvalue weighted by molar-refractivity contribution is 7.15. The van der Waals surface area contributed by atoms with Crippen LogP contribution in [-0.4, -0.2) is 20.8 Å². The number of rotatable bonds is 3. The number of thiazole rings is 1. The van der Waals surface area contributed by atoms with E-state index in [1.165, 1.54) is 23.4 Å². The summed E-state index contributed by atoms with van der Waals surface area (Å²) in [5.74, 6) is -0.173. The van der Waals surface area contributed by atoms with Crippen LogP contribution in [0.3, 0.4) is 0 Å². The predicted octanol–water partition coefficient (Wildman–Crippen LogP) is 4.26. The molecule has 5 heteroatoms. The Labute approximate surface area is 133 Å². The first-order valence-corrected chi connectivity index (χ1v) is 8.58. The number of nitrogens with zero attached hydrogens (tertiary/aromatic N) is 3. The molecule has 0 unspecified atom stereocenters. The summed E-state index contributed by atoms with van der Waals surface area (Å²) in [6.45, 7) is 1.93. The molecule has 114 valence electrons. The zero-order chi connectivity index (χ0) is 14.9. The number of aromatic nitrogens is 2. The third-order valence-electron chi connectivity index (χ3n) is 4.40. The SMILES string of the molecule is Fc1ccc(CN2CCCC[C@@H]2c2ncn3ccsc23)cc1. The van der Waals surface area contributed by atoms with E-state index in [4.69, 9.17) is 0 Å². The van der Waals surface area contributed by atoms with Gasteiger partial charge in [-0.2, -0.15) is 0 Å². The van der Waals surface area contributed by atoms with Gasteiger partial charge in [0.05, 0.1) is 11.7 Å². The first kappa shape index (κ1) is 13.9. The van der Waals surface area contributed by atoms with Crippen molar-refractivity contribution in [1.29, 1.82) is 0 Å². The Morgan fingerprint density at radius 2 is 2.09 bits per heavy atom. The molecular formula is C17H18FN3S. The minimum atomic E-state index is -0.173. The van der Waals surface area contributed by atoms with Gasteiger partial charge < -0.3 is 0 Å². The van der Waals surface area contributed by atoms with Gasteiger partial charge in [-0.3, -0.25) is 9.30 Å². The summed E-state index contributed by atoms with van der Waals surface area (Å²) in [4.78, 5) is 8.39. The number of hydrogen-bond acceptors (Lipinski definition) is 3. The van der Waals surface area contributed by atoms with Crippen LogP contribution in [0.2, 0.25) is 0 Å². The van der Waals surface area contributed by atoms with E-state index in [0.717, 1.165) is 25.1 Å². The van der Waals surface area contributed by atoms with Crippen molar-refractivity contribution in [2.24, 2.45) is 0 Å². The fourth-order valence-corrected chi connectivity index (χ4v) is 4.16. The number of fused-ring (bicyclic) bond motifs is 1. The van der Waals surface area contributed by atoms with Crippen molar-refractivity contribution >= 4 is 16.2 Å². The van der Waals surface area contributed by atoms with Crippen LogP contribution in [0.15, 0.2) is 42.2 Å². The molecule has 0 amide bonds. The van der Waals surface area contributed by atoms with Crippen LogP contribution < -0.4 is 0 Å². The lowest BCUT2D eigenvalue weighted by Crippen LogP contribution is -2.33. The summed E-state index contributed by atoms with van der Waals surface area (Å²) in [6.07, 6.45) is 7.58. The molecule has 1 aliphatic heterocycles. The Kier molecular flexibility index (Phi) is 3.68. The first-order chi connectivity index (χ1) is 10.8. The van der Waals surface area contributed by atoms with E-state index in [2.05, 4.69) is 25.9 Å². The average Bonchev–Trinajstić information content (AvgIpc) is 3.13. The molecule has 3 heterocycles. The quantitative estimate of drug-likeness (QED) is 0.720. The molecule has 3 nitrogen and oxygen atoms in total. The van der Waals surface area contributed by atoms with Gasteiger partial charge in [-0.25, -0.2) is 9.37 Å². The molecule has 0 saturated carbocycles. The molecule has 1 aliphatic rings. The van der Waals surface area contributed by atoms with Crippen LogP contribution >= 0.6 is 11.3 Å². The van der Waals surface area contributed by atoms with Crippen molar-refractivity contribution < 1.29 is 4.39 Å². The molecule has 4 rings (SSSR count). The second kappa shape index (κ2) is 5.82. The monoisotopic (exact) mass is 315 g/mol. The van der Waals surface area contributed by atoms with E-state index >= 15 is 0 Å². The maximum Gasteiger partial charge on any atom is 0.124 e. The van der Waals surface area contributed by atoms with Crippen LogP contribution in [0, 0.1) is 5.82 Å². The van der Waals surface area contributed by atoms with Crippen LogP contribution in [0.4, 0.5) is 4.39 Å². The molecule has 22 heavy (non-hydrogen) atoms. The lowest BCUT2D eigenvalue weighted by atomic mass is 9.99. The van der Waals surface area contributed by atoms with E-state index < -0.39 is 0 Å². The van der Waals surface area contributed by atoms with Crippen LogP contribution in [-0.2, 0) is 6.54 Å². The highest BCUT2D eigenvalue weighted by atomic mass is 32.1. The molecule has 0 aliphatic carbocycles. The number of likely N-dealkylation sites (tertiary alicyclic amines) is 1. The summed E-state index contributed by atoms with van der Waals surface area (Å²) in [7, 11) is 0. The standard InChI is InChI=1S/C17H18FN3S/c18-14-6-4-13(5-7-14)11-20-8-2-1-3-15(20)16-17-21(12-19-16)9-10-22-17/h4-7,9-10,12,15H,1-3,8,11H2/t15-/m1/s1. The van der Waals surface area contributed by atoms with Gasteiger partial charge in [-0.15, -0.1) is 11.3 Å². The number of hydrogen-bond donors (Lipinski definition) is 0. The number of imidazole rings is 1. The molecular weight excluding hydrogens is 297 g/mol. The van der Waals surface area contributed by atoms with Crippen LogP contribution in [0.5, 0.6) is 0 Å². The highest BCUT2D eigenvalue weighted by Gasteiger charge is 2.27. The van der Waals surface area contributed by atoms with Gasteiger partial charge in [0.15, 0.2) is 0 Å². The van der Waals surface area contributed by atoms with Gasteiger partial charge in [-0.05, 0) is 37.1 Å². The second-order valence-corrected chi connectivity index (χ2v) is 6.75. The molecule has 2 aromatic heterocycles. The fourth-order valence-electron chi connectivity index (χ4n) is 3.29. The minimum absolute atomic E-state index is 0.173. The maximum atomic E-state index is 13.1. The van der Waals surface area contributed by atoms with E-state index in [9.17, 15) is 4.39 Å². The Morgan fingerprint density at radius 3 is 2.95 bits per heavy atom. The first-order valence-electron chi connectivity index (χ1n) is 7.70. The lowest BCUT2D eigenvalue weighted by Gasteiger charge is -2.34. The zero-order valence-corrected chi connectivity index (χ0v) is 13.1. The second-order valence-electron chi connectivity index (χ2n) is 5.85. The summed E-state index contributed by atoms with van der Waals surface area (Å²) >= 11 is 1.75. The third kappa shape index (κ3) is 2.55. The molecule has 0 N–H and O–H groups in total. The lowest BCUT2D eigenvalue weighted by molar-refractivity contribution is 0.138. The van der Waals surface area contributed by atoms with Crippen LogP contribution in [0.25, 0.3) is 4.83 Å². The molecule has 1 saturated heterocycles. The van der Waals surface area contributed by atoms with E-state index in [1.807, 2.05) is 18.5 Å². The van der Waals surface area contributed by atoms with Gasteiger partial charge >= 0.3 is 0 Å². The van der Waals surface area contributed by atoms with Crippen LogP contribution in [0.1, 0.15) is 36.6 Å². The maximum absolute atomic E-state index is 13.1. The summed E-state index contributed by atoms with van der Waals surface area (Å²) in [5, 5.41) is 2.10. The Morgan fingerprint density at radius 1 is 1.23 bits per heavy atom. The van der Waals surface area contributed by atoms with Crippen molar-refractivity contribution in [2.45, 2.75) is 31.8 Å². The normalized spacial score (nSPS) is 19.8. The molecule has 1 atom stereocenters. The summed E-state index contributed by atoms with van der Waals surface area (Å²) in [6, 6.07) is 7.22. The van der Waals surface area contributed by atoms with Crippen molar-refractivity contribution in [2.75, 3.05) is 6.54 Å². The van der Waals surface area contributed by atoms with Gasteiger partial charge in [0.25, 0.3) is 0 Å². The third-order valence-corrected chi connectivity index (χ3v) is 5.31. The highest BCUT2D eigenvalue weighted by Crippen LogP contribution is 2.34. The minimum Gasteiger partial charge on any atom is -0.297 e. The Hall–Kier alpha value is -1.72.